The van der Waals surface area contributed by atoms with E-state index in [0.29, 0.717) is 47.4 Å². The fourth-order valence-electron chi connectivity index (χ4n) is 3.19. The van der Waals surface area contributed by atoms with Gasteiger partial charge in [0.05, 0.1) is 11.8 Å². The molecule has 0 unspecified atom stereocenters. The Labute approximate surface area is 152 Å². The summed E-state index contributed by atoms with van der Waals surface area (Å²) < 4.78 is 0. The van der Waals surface area contributed by atoms with Crippen LogP contribution in [0.25, 0.3) is 10.8 Å². The van der Waals surface area contributed by atoms with E-state index in [1.165, 1.54) is 0 Å². The molecule has 5 heteroatoms. The number of nitriles is 1. The first-order chi connectivity index (χ1) is 12.6. The minimum atomic E-state index is -0.115. The van der Waals surface area contributed by atoms with Crippen LogP contribution in [0.5, 0.6) is 0 Å². The van der Waals surface area contributed by atoms with Gasteiger partial charge in [-0.2, -0.15) is 5.26 Å². The zero-order chi connectivity index (χ0) is 18.7. The number of Topliss-reactive ketones (excluding diaryl/α,β-unsaturated/α-hetero) is 1. The summed E-state index contributed by atoms with van der Waals surface area (Å²) in [6, 6.07) is 13.5. The number of rotatable bonds is 4. The van der Waals surface area contributed by atoms with Gasteiger partial charge in [0.15, 0.2) is 5.78 Å². The molecule has 2 aromatic rings. The molecule has 1 aliphatic carbocycles. The Morgan fingerprint density at radius 2 is 1.81 bits per heavy atom. The van der Waals surface area contributed by atoms with Crippen LogP contribution in [0.15, 0.2) is 57.8 Å². The van der Waals surface area contributed by atoms with Crippen LogP contribution in [0.3, 0.4) is 0 Å². The molecule has 5 nitrogen and oxygen atoms in total. The van der Waals surface area contributed by atoms with Gasteiger partial charge in [-0.05, 0) is 49.6 Å². The standard InChI is InChI=1S/C21H19N3O2/c1-13(2)23-19-16(9-5-6-10-22)21(25)18-12-15-8-4-3-7-14(15)11-17(18)20(19)24-26/h3-4,7-8,11-12,26H,5-6,9H2,1-2H3/b24-20+. The number of hydrogen-bond donors (Lipinski definition) is 1. The van der Waals surface area contributed by atoms with E-state index in [0.717, 1.165) is 16.5 Å². The quantitative estimate of drug-likeness (QED) is 0.379. The van der Waals surface area contributed by atoms with Gasteiger partial charge in [0.2, 0.25) is 0 Å². The molecule has 0 heterocycles. The highest BCUT2D eigenvalue weighted by atomic mass is 16.4. The Morgan fingerprint density at radius 3 is 2.38 bits per heavy atom. The lowest BCUT2D eigenvalue weighted by Crippen LogP contribution is -2.23. The molecule has 130 valence electrons. The Hall–Kier alpha value is -3.26. The Kier molecular flexibility index (Phi) is 4.94. The van der Waals surface area contributed by atoms with Crippen molar-refractivity contribution < 1.29 is 10.0 Å². The van der Waals surface area contributed by atoms with Crippen molar-refractivity contribution in [2.24, 2.45) is 10.1 Å². The van der Waals surface area contributed by atoms with Crippen LogP contribution in [0.4, 0.5) is 0 Å². The summed E-state index contributed by atoms with van der Waals surface area (Å²) in [4.78, 5) is 17.6. The van der Waals surface area contributed by atoms with E-state index < -0.39 is 0 Å². The molecule has 2 aromatic carbocycles. The van der Waals surface area contributed by atoms with E-state index >= 15 is 0 Å². The largest absolute Gasteiger partial charge is 0.410 e. The zero-order valence-corrected chi connectivity index (χ0v) is 14.8. The average molecular weight is 345 g/mol. The topological polar surface area (TPSA) is 85.8 Å². The number of oxime groups is 1. The fraction of sp³-hybridized carbons (Fsp3) is 0.238. The van der Waals surface area contributed by atoms with Crippen LogP contribution < -0.4 is 0 Å². The summed E-state index contributed by atoms with van der Waals surface area (Å²) >= 11 is 0. The average Bonchev–Trinajstić information content (AvgIpc) is 2.63. The molecular formula is C21H19N3O2. The van der Waals surface area contributed by atoms with Crippen LogP contribution in [0.1, 0.15) is 49.0 Å². The van der Waals surface area contributed by atoms with Crippen LogP contribution >= 0.6 is 0 Å². The van der Waals surface area contributed by atoms with E-state index in [2.05, 4.69) is 16.2 Å². The minimum absolute atomic E-state index is 0.115. The highest BCUT2D eigenvalue weighted by Gasteiger charge is 2.31. The lowest BCUT2D eigenvalue weighted by molar-refractivity contribution is 0.102. The van der Waals surface area contributed by atoms with Crippen LogP contribution in [0, 0.1) is 11.3 Å². The number of aliphatic imine (C=N–C) groups is 1. The van der Waals surface area contributed by atoms with Gasteiger partial charge in [-0.3, -0.25) is 9.79 Å². The Morgan fingerprint density at radius 1 is 1.15 bits per heavy atom. The van der Waals surface area contributed by atoms with Gasteiger partial charge in [0, 0.05) is 28.8 Å². The van der Waals surface area contributed by atoms with Gasteiger partial charge in [-0.1, -0.05) is 29.4 Å². The van der Waals surface area contributed by atoms with Gasteiger partial charge < -0.3 is 5.21 Å². The first kappa shape index (κ1) is 17.6. The summed E-state index contributed by atoms with van der Waals surface area (Å²) in [5.74, 6) is -0.115. The fourth-order valence-corrected chi connectivity index (χ4v) is 3.19. The molecule has 0 fully saturated rings. The van der Waals surface area contributed by atoms with Crippen molar-refractivity contribution in [2.75, 3.05) is 0 Å². The molecule has 0 saturated carbocycles. The molecule has 0 amide bonds. The maximum atomic E-state index is 13.2. The van der Waals surface area contributed by atoms with Crippen molar-refractivity contribution in [1.29, 1.82) is 5.26 Å². The summed E-state index contributed by atoms with van der Waals surface area (Å²) in [5.41, 5.74) is 3.06. The number of unbranched alkanes of at least 4 members (excludes halogenated alkanes) is 1. The minimum Gasteiger partial charge on any atom is -0.410 e. The Balaban J connectivity index is 2.24. The molecule has 0 bridgehead atoms. The number of ketones is 1. The highest BCUT2D eigenvalue weighted by Crippen LogP contribution is 2.33. The number of allylic oxidation sites excluding steroid dienone is 2. The molecule has 1 N–H and O–H groups in total. The summed E-state index contributed by atoms with van der Waals surface area (Å²) in [5, 5.41) is 23.9. The number of nitrogens with zero attached hydrogens (tertiary/aromatic N) is 3. The number of carbonyl (C=O) groups is 1. The monoisotopic (exact) mass is 345 g/mol. The zero-order valence-electron chi connectivity index (χ0n) is 14.8. The second-order valence-corrected chi connectivity index (χ2v) is 6.42. The number of hydrogen-bond acceptors (Lipinski definition) is 5. The second-order valence-electron chi connectivity index (χ2n) is 6.42. The predicted octanol–water partition coefficient (Wildman–Crippen LogP) is 4.64. The first-order valence-corrected chi connectivity index (χ1v) is 8.49. The normalized spacial score (nSPS) is 15.1. The van der Waals surface area contributed by atoms with Crippen LogP contribution in [-0.4, -0.2) is 22.4 Å². The number of carbonyl (C=O) groups excluding carboxylic acids is 1. The first-order valence-electron chi connectivity index (χ1n) is 8.49. The third kappa shape index (κ3) is 3.14. The predicted molar refractivity (Wildman–Crippen MR) is 102 cm³/mol. The molecule has 0 spiro atoms. The number of fused-ring (bicyclic) bond motifs is 2. The van der Waals surface area contributed by atoms with E-state index in [4.69, 9.17) is 5.26 Å². The molecule has 0 radical (unpaired) electrons. The van der Waals surface area contributed by atoms with Gasteiger partial charge in [-0.15, -0.1) is 0 Å². The van der Waals surface area contributed by atoms with E-state index in [9.17, 15) is 10.0 Å². The number of benzene rings is 2. The van der Waals surface area contributed by atoms with E-state index in [-0.39, 0.29) is 5.78 Å². The van der Waals surface area contributed by atoms with Gasteiger partial charge in [0.25, 0.3) is 0 Å². The maximum Gasteiger partial charge on any atom is 0.191 e. The third-order valence-electron chi connectivity index (χ3n) is 4.32. The molecular weight excluding hydrogens is 326 g/mol. The molecule has 1 aliphatic rings. The van der Waals surface area contributed by atoms with Crippen molar-refractivity contribution in [1.82, 2.24) is 0 Å². The SMILES string of the molecule is CC(C)=NC1=C(CCCC#N)C(=O)c2cc3ccccc3cc2/C1=N\O. The van der Waals surface area contributed by atoms with E-state index in [1.807, 2.05) is 50.2 Å². The smallest absolute Gasteiger partial charge is 0.191 e. The van der Waals surface area contributed by atoms with Gasteiger partial charge in [-0.25, -0.2) is 0 Å². The molecule has 26 heavy (non-hydrogen) atoms. The van der Waals surface area contributed by atoms with E-state index in [1.54, 1.807) is 0 Å². The molecule has 0 aromatic heterocycles. The second kappa shape index (κ2) is 7.32. The lowest BCUT2D eigenvalue weighted by atomic mass is 9.83. The molecule has 0 atom stereocenters. The van der Waals surface area contributed by atoms with Gasteiger partial charge >= 0.3 is 0 Å². The van der Waals surface area contributed by atoms with Crippen molar-refractivity contribution >= 4 is 28.0 Å². The van der Waals surface area contributed by atoms with Crippen LogP contribution in [-0.2, 0) is 0 Å². The van der Waals surface area contributed by atoms with Gasteiger partial charge in [0.1, 0.15) is 5.71 Å². The summed E-state index contributed by atoms with van der Waals surface area (Å²) in [7, 11) is 0. The van der Waals surface area contributed by atoms with Crippen molar-refractivity contribution in [3.63, 3.8) is 0 Å². The van der Waals surface area contributed by atoms with Crippen molar-refractivity contribution in [3.8, 4) is 6.07 Å². The lowest BCUT2D eigenvalue weighted by Gasteiger charge is -2.21. The molecule has 0 saturated heterocycles. The maximum absolute atomic E-state index is 13.2. The summed E-state index contributed by atoms with van der Waals surface area (Å²) in [6.45, 7) is 3.66. The van der Waals surface area contributed by atoms with Crippen molar-refractivity contribution in [3.05, 3.63) is 58.8 Å². The molecule has 3 rings (SSSR count). The summed E-state index contributed by atoms with van der Waals surface area (Å²) in [6.07, 6.45) is 1.33. The third-order valence-corrected chi connectivity index (χ3v) is 4.32. The molecule has 0 aliphatic heterocycles. The highest BCUT2D eigenvalue weighted by molar-refractivity contribution is 6.30. The Bertz CT molecular complexity index is 1020. The van der Waals surface area contributed by atoms with Crippen LogP contribution in [0.2, 0.25) is 0 Å². The van der Waals surface area contributed by atoms with Crippen molar-refractivity contribution in [2.45, 2.75) is 33.1 Å².